The predicted molar refractivity (Wildman–Crippen MR) is 83.5 cm³/mol. The van der Waals surface area contributed by atoms with Gasteiger partial charge in [-0.25, -0.2) is 4.57 Å². The van der Waals surface area contributed by atoms with Crippen molar-refractivity contribution in [3.05, 3.63) is 69.0 Å². The zero-order chi connectivity index (χ0) is 15.7. The summed E-state index contributed by atoms with van der Waals surface area (Å²) in [6, 6.07) is 13.8. The lowest BCUT2D eigenvalue weighted by atomic mass is 10.2. The minimum absolute atomic E-state index is 0.0210. The highest BCUT2D eigenvalue weighted by Crippen LogP contribution is 2.24. The summed E-state index contributed by atoms with van der Waals surface area (Å²) in [7, 11) is 0. The zero-order valence-electron chi connectivity index (χ0n) is 11.6. The quantitative estimate of drug-likeness (QED) is 0.414. The van der Waals surface area contributed by atoms with Crippen molar-refractivity contribution in [2.75, 3.05) is 0 Å². The van der Waals surface area contributed by atoms with Gasteiger partial charge in [-0.15, -0.1) is 0 Å². The molecule has 3 rings (SSSR count). The zero-order valence-corrected chi connectivity index (χ0v) is 12.4. The van der Waals surface area contributed by atoms with Crippen LogP contribution in [0.2, 0.25) is 0 Å². The van der Waals surface area contributed by atoms with Gasteiger partial charge in [-0.05, 0) is 43.4 Å². The molecule has 0 spiro atoms. The van der Waals surface area contributed by atoms with Crippen LogP contribution in [0.25, 0.3) is 17.1 Å². The number of rotatable bonds is 3. The van der Waals surface area contributed by atoms with Crippen molar-refractivity contribution < 1.29 is 9.45 Å². The predicted octanol–water partition coefficient (Wildman–Crippen LogP) is 4.08. The van der Waals surface area contributed by atoms with Crippen LogP contribution in [0.4, 0.5) is 5.69 Å². The van der Waals surface area contributed by atoms with Crippen molar-refractivity contribution in [2.24, 2.45) is 0 Å². The van der Waals surface area contributed by atoms with Crippen LogP contribution < -0.4 is 0 Å². The highest BCUT2D eigenvalue weighted by molar-refractivity contribution is 7.71. The van der Waals surface area contributed by atoms with Gasteiger partial charge < -0.3 is 4.52 Å². The Bertz CT molecular complexity index is 880. The summed E-state index contributed by atoms with van der Waals surface area (Å²) < 4.78 is 6.80. The molecule has 0 N–H and O–H groups in total. The minimum Gasteiger partial charge on any atom is -0.323 e. The number of non-ortho nitro benzene ring substituents is 1. The monoisotopic (exact) mass is 313 g/mol. The van der Waals surface area contributed by atoms with E-state index in [0.29, 0.717) is 11.4 Å². The van der Waals surface area contributed by atoms with Crippen LogP contribution in [0, 0.1) is 21.9 Å². The van der Waals surface area contributed by atoms with Crippen molar-refractivity contribution in [1.29, 1.82) is 0 Å². The van der Waals surface area contributed by atoms with Gasteiger partial charge in [0.15, 0.2) is 5.82 Å². The van der Waals surface area contributed by atoms with E-state index in [1.165, 1.54) is 12.1 Å². The van der Waals surface area contributed by atoms with E-state index in [4.69, 9.17) is 16.7 Å². The number of hydrogen-bond donors (Lipinski definition) is 0. The SMILES string of the molecule is Cc1ccc(-n2c(-c3ccc([N+](=O)[O-])cc3)noc2=S)cc1. The van der Waals surface area contributed by atoms with Crippen LogP contribution in [0.1, 0.15) is 5.56 Å². The van der Waals surface area contributed by atoms with E-state index in [1.54, 1.807) is 16.7 Å². The third kappa shape index (κ3) is 2.53. The van der Waals surface area contributed by atoms with Crippen molar-refractivity contribution in [1.82, 2.24) is 9.72 Å². The Labute approximate surface area is 130 Å². The maximum absolute atomic E-state index is 10.7. The summed E-state index contributed by atoms with van der Waals surface area (Å²) in [4.78, 5) is 10.5. The second-order valence-corrected chi connectivity index (χ2v) is 5.10. The topological polar surface area (TPSA) is 74.1 Å². The largest absolute Gasteiger partial charge is 0.323 e. The molecule has 0 saturated carbocycles. The van der Waals surface area contributed by atoms with Crippen LogP contribution in [0.3, 0.4) is 0 Å². The van der Waals surface area contributed by atoms with Gasteiger partial charge in [-0.2, -0.15) is 0 Å². The van der Waals surface area contributed by atoms with Gasteiger partial charge in [0.2, 0.25) is 0 Å². The molecule has 1 heterocycles. The van der Waals surface area contributed by atoms with Crippen molar-refractivity contribution in [3.63, 3.8) is 0 Å². The normalized spacial score (nSPS) is 10.6. The van der Waals surface area contributed by atoms with Crippen molar-refractivity contribution in [3.8, 4) is 17.1 Å². The first-order valence-electron chi connectivity index (χ1n) is 6.47. The lowest BCUT2D eigenvalue weighted by Crippen LogP contribution is -1.98. The molecule has 0 unspecified atom stereocenters. The van der Waals surface area contributed by atoms with Gasteiger partial charge in [-0.3, -0.25) is 10.1 Å². The molecule has 0 radical (unpaired) electrons. The smallest absolute Gasteiger partial charge is 0.302 e. The molecule has 110 valence electrons. The maximum atomic E-state index is 10.7. The van der Waals surface area contributed by atoms with Crippen LogP contribution in [-0.4, -0.2) is 14.6 Å². The Morgan fingerprint density at radius 1 is 1.14 bits per heavy atom. The molecule has 1 aromatic heterocycles. The number of aromatic nitrogens is 2. The first-order valence-corrected chi connectivity index (χ1v) is 6.87. The third-order valence-corrected chi connectivity index (χ3v) is 3.49. The van der Waals surface area contributed by atoms with E-state index in [2.05, 4.69) is 5.16 Å². The Balaban J connectivity index is 2.11. The minimum atomic E-state index is -0.445. The molecule has 0 fully saturated rings. The van der Waals surface area contributed by atoms with Crippen molar-refractivity contribution in [2.45, 2.75) is 6.92 Å². The molecule has 0 aliphatic carbocycles. The average molecular weight is 313 g/mol. The second kappa shape index (κ2) is 5.53. The standard InChI is InChI=1S/C15H11N3O3S/c1-10-2-6-12(7-3-10)17-14(16-21-15(17)22)11-4-8-13(9-5-11)18(19)20/h2-9H,1H3. The van der Waals surface area contributed by atoms with Gasteiger partial charge in [0, 0.05) is 17.7 Å². The Morgan fingerprint density at radius 2 is 1.77 bits per heavy atom. The Kier molecular flexibility index (Phi) is 3.56. The molecular formula is C15H11N3O3S. The van der Waals surface area contributed by atoms with Crippen LogP contribution >= 0.6 is 12.2 Å². The maximum Gasteiger partial charge on any atom is 0.302 e. The molecule has 0 saturated heterocycles. The van der Waals surface area contributed by atoms with E-state index in [9.17, 15) is 10.1 Å². The fourth-order valence-corrected chi connectivity index (χ4v) is 2.32. The molecule has 0 atom stereocenters. The highest BCUT2D eigenvalue weighted by Gasteiger charge is 2.14. The summed E-state index contributed by atoms with van der Waals surface area (Å²) in [5.41, 5.74) is 2.66. The summed E-state index contributed by atoms with van der Waals surface area (Å²) in [5.74, 6) is 0.503. The van der Waals surface area contributed by atoms with Gasteiger partial charge in [-0.1, -0.05) is 22.9 Å². The van der Waals surface area contributed by atoms with E-state index >= 15 is 0 Å². The fraction of sp³-hybridized carbons (Fsp3) is 0.0667. The lowest BCUT2D eigenvalue weighted by molar-refractivity contribution is -0.384. The Hall–Kier alpha value is -2.80. The molecule has 2 aromatic carbocycles. The highest BCUT2D eigenvalue weighted by atomic mass is 32.1. The number of nitrogens with zero attached hydrogens (tertiary/aromatic N) is 3. The average Bonchev–Trinajstić information content (AvgIpc) is 2.90. The van der Waals surface area contributed by atoms with E-state index in [1.807, 2.05) is 31.2 Å². The molecular weight excluding hydrogens is 302 g/mol. The third-order valence-electron chi connectivity index (χ3n) is 3.23. The molecule has 3 aromatic rings. The first-order chi connectivity index (χ1) is 10.6. The molecule has 0 bridgehead atoms. The lowest BCUT2D eigenvalue weighted by Gasteiger charge is -2.06. The van der Waals surface area contributed by atoms with Gasteiger partial charge in [0.1, 0.15) is 0 Å². The van der Waals surface area contributed by atoms with Crippen molar-refractivity contribution >= 4 is 17.9 Å². The van der Waals surface area contributed by atoms with Gasteiger partial charge in [0.25, 0.3) is 5.69 Å². The van der Waals surface area contributed by atoms with E-state index in [-0.39, 0.29) is 10.5 Å². The molecule has 7 heteroatoms. The van der Waals surface area contributed by atoms with Gasteiger partial charge >= 0.3 is 4.84 Å². The fourth-order valence-electron chi connectivity index (χ4n) is 2.09. The van der Waals surface area contributed by atoms with E-state index in [0.717, 1.165) is 11.3 Å². The molecule has 22 heavy (non-hydrogen) atoms. The number of benzene rings is 2. The summed E-state index contributed by atoms with van der Waals surface area (Å²) >= 11 is 5.18. The van der Waals surface area contributed by atoms with E-state index < -0.39 is 4.92 Å². The molecule has 0 aliphatic rings. The van der Waals surface area contributed by atoms with Crippen LogP contribution in [-0.2, 0) is 0 Å². The second-order valence-electron chi connectivity index (χ2n) is 4.75. The van der Waals surface area contributed by atoms with Gasteiger partial charge in [0.05, 0.1) is 10.6 Å². The van der Waals surface area contributed by atoms with Crippen LogP contribution in [0.15, 0.2) is 53.1 Å². The summed E-state index contributed by atoms with van der Waals surface area (Å²) in [5, 5.41) is 14.7. The Morgan fingerprint density at radius 3 is 2.36 bits per heavy atom. The molecule has 0 aliphatic heterocycles. The number of nitro groups is 1. The number of nitro benzene ring substituents is 1. The number of hydrogen-bond acceptors (Lipinski definition) is 5. The number of aryl methyl sites for hydroxylation is 1. The first kappa shape index (κ1) is 14.2. The molecule has 0 amide bonds. The van der Waals surface area contributed by atoms with Crippen LogP contribution in [0.5, 0.6) is 0 Å². The summed E-state index contributed by atoms with van der Waals surface area (Å²) in [6.45, 7) is 1.99. The molecule has 6 nitrogen and oxygen atoms in total. The summed E-state index contributed by atoms with van der Waals surface area (Å²) in [6.07, 6.45) is 0.